The van der Waals surface area contributed by atoms with E-state index in [1.54, 1.807) is 39.3 Å². The van der Waals surface area contributed by atoms with Crippen molar-refractivity contribution in [3.63, 3.8) is 0 Å². The summed E-state index contributed by atoms with van der Waals surface area (Å²) in [5, 5.41) is 11.0. The molecule has 0 radical (unpaired) electrons. The monoisotopic (exact) mass is 360 g/mol. The van der Waals surface area contributed by atoms with Gasteiger partial charge in [0.15, 0.2) is 0 Å². The fourth-order valence-electron chi connectivity index (χ4n) is 3.32. The summed E-state index contributed by atoms with van der Waals surface area (Å²) in [5.74, 6) is 0.0786. The van der Waals surface area contributed by atoms with Crippen molar-refractivity contribution in [2.75, 3.05) is 27.7 Å². The Balaban J connectivity index is 2.08. The van der Waals surface area contributed by atoms with Crippen LogP contribution in [0, 0.1) is 0 Å². The lowest BCUT2D eigenvalue weighted by atomic mass is 9.84. The van der Waals surface area contributed by atoms with Gasteiger partial charge >= 0.3 is 5.97 Å². The van der Waals surface area contributed by atoms with E-state index in [1.807, 2.05) is 18.7 Å². The first-order chi connectivity index (χ1) is 12.1. The summed E-state index contributed by atoms with van der Waals surface area (Å²) in [6.07, 6.45) is 0.547. The number of aliphatic hydroxyl groups excluding tert-OH is 1. The van der Waals surface area contributed by atoms with E-state index in [-0.39, 0.29) is 12.5 Å². The maximum absolute atomic E-state index is 12.3. The largest absolute Gasteiger partial charge is 0.485 e. The van der Waals surface area contributed by atoms with Crippen molar-refractivity contribution >= 4 is 11.9 Å². The fourth-order valence-corrected chi connectivity index (χ4v) is 3.32. The van der Waals surface area contributed by atoms with Gasteiger partial charge in [-0.15, -0.1) is 0 Å². The Kier molecular flexibility index (Phi) is 4.44. The number of carbonyl (C=O) groups excluding carboxylic acids is 2. The standard InChI is InChI=1S/C19H24N2O5/c1-19(2)17(23)16(21(5)12-9-15(22)25-10-12)13-8-11(18(24)20(3)4)6-7-14(13)26-19/h6-9,16-17,23H,10H2,1-5H3/t16-,17+/m0/s1. The van der Waals surface area contributed by atoms with E-state index in [2.05, 4.69) is 0 Å². The first kappa shape index (κ1) is 18.3. The number of ether oxygens (including phenoxy) is 2. The van der Waals surface area contributed by atoms with Crippen LogP contribution in [-0.4, -0.2) is 66.2 Å². The number of aliphatic hydroxyl groups is 1. The SMILES string of the molecule is CN(C)C(=O)c1ccc2c(c1)[C@H](N(C)C1=CC(=O)OC1)[C@@H](O)C(C)(C)O2. The fraction of sp³-hybridized carbons (Fsp3) is 0.474. The van der Waals surface area contributed by atoms with Crippen LogP contribution in [0.2, 0.25) is 0 Å². The lowest BCUT2D eigenvalue weighted by molar-refractivity contribution is -0.135. The average Bonchev–Trinajstić information content (AvgIpc) is 3.00. The quantitative estimate of drug-likeness (QED) is 0.820. The Morgan fingerprint density at radius 1 is 1.27 bits per heavy atom. The first-order valence-electron chi connectivity index (χ1n) is 8.44. The number of likely N-dealkylation sites (N-methyl/N-ethyl adjacent to an activating group) is 1. The minimum Gasteiger partial charge on any atom is -0.485 e. The molecule has 2 aliphatic rings. The molecule has 1 amide bonds. The number of carbonyl (C=O) groups is 2. The van der Waals surface area contributed by atoms with Crippen LogP contribution in [0.4, 0.5) is 0 Å². The van der Waals surface area contributed by atoms with E-state index in [0.29, 0.717) is 22.6 Å². The average molecular weight is 360 g/mol. The van der Waals surface area contributed by atoms with Crippen LogP contribution in [0.3, 0.4) is 0 Å². The second-order valence-electron chi connectivity index (χ2n) is 7.40. The molecule has 1 N–H and O–H groups in total. The highest BCUT2D eigenvalue weighted by Gasteiger charge is 2.45. The summed E-state index contributed by atoms with van der Waals surface area (Å²) < 4.78 is 11.0. The maximum atomic E-state index is 12.3. The topological polar surface area (TPSA) is 79.3 Å². The van der Waals surface area contributed by atoms with Crippen LogP contribution in [0.25, 0.3) is 0 Å². The highest BCUT2D eigenvalue weighted by molar-refractivity contribution is 5.94. The molecule has 0 spiro atoms. The van der Waals surface area contributed by atoms with Crippen molar-refractivity contribution < 1.29 is 24.2 Å². The van der Waals surface area contributed by atoms with Gasteiger partial charge in [-0.1, -0.05) is 0 Å². The molecule has 0 saturated heterocycles. The van der Waals surface area contributed by atoms with Crippen LogP contribution in [0.5, 0.6) is 5.75 Å². The molecule has 26 heavy (non-hydrogen) atoms. The number of hydrogen-bond acceptors (Lipinski definition) is 6. The third kappa shape index (κ3) is 3.03. The molecule has 0 aromatic heterocycles. The van der Waals surface area contributed by atoms with Crippen LogP contribution < -0.4 is 4.74 Å². The summed E-state index contributed by atoms with van der Waals surface area (Å²) in [6.45, 7) is 3.78. The Labute approximate surface area is 152 Å². The summed E-state index contributed by atoms with van der Waals surface area (Å²) in [4.78, 5) is 27.1. The van der Waals surface area contributed by atoms with E-state index in [0.717, 1.165) is 0 Å². The molecule has 3 rings (SSSR count). The molecule has 7 nitrogen and oxygen atoms in total. The number of rotatable bonds is 3. The van der Waals surface area contributed by atoms with Gasteiger partial charge < -0.3 is 24.4 Å². The zero-order valence-corrected chi connectivity index (χ0v) is 15.6. The minimum absolute atomic E-state index is 0.132. The maximum Gasteiger partial charge on any atom is 0.333 e. The molecule has 2 heterocycles. The Morgan fingerprint density at radius 3 is 2.54 bits per heavy atom. The molecule has 7 heteroatoms. The number of fused-ring (bicyclic) bond motifs is 1. The molecule has 0 unspecified atom stereocenters. The summed E-state index contributed by atoms with van der Waals surface area (Å²) in [6, 6.07) is 4.73. The van der Waals surface area contributed by atoms with Crippen molar-refractivity contribution in [1.82, 2.24) is 9.80 Å². The second-order valence-corrected chi connectivity index (χ2v) is 7.40. The van der Waals surface area contributed by atoms with Crippen molar-refractivity contribution in [1.29, 1.82) is 0 Å². The zero-order chi connectivity index (χ0) is 19.2. The van der Waals surface area contributed by atoms with Gasteiger partial charge in [0, 0.05) is 38.3 Å². The number of benzene rings is 1. The van der Waals surface area contributed by atoms with Gasteiger partial charge in [-0.2, -0.15) is 0 Å². The zero-order valence-electron chi connectivity index (χ0n) is 15.6. The number of amides is 1. The molecule has 0 fully saturated rings. The smallest absolute Gasteiger partial charge is 0.333 e. The van der Waals surface area contributed by atoms with E-state index >= 15 is 0 Å². The molecule has 1 aromatic carbocycles. The van der Waals surface area contributed by atoms with Gasteiger partial charge in [0.05, 0.1) is 11.7 Å². The van der Waals surface area contributed by atoms with Gasteiger partial charge in [0.1, 0.15) is 24.1 Å². The molecular formula is C19H24N2O5. The molecule has 2 aliphatic heterocycles. The lowest BCUT2D eigenvalue weighted by Crippen LogP contribution is -2.52. The number of cyclic esters (lactones) is 1. The first-order valence-corrected chi connectivity index (χ1v) is 8.44. The van der Waals surface area contributed by atoms with E-state index in [9.17, 15) is 14.7 Å². The second kappa shape index (κ2) is 6.32. The normalized spacial score (nSPS) is 23.5. The van der Waals surface area contributed by atoms with Crippen LogP contribution in [0.1, 0.15) is 35.8 Å². The van der Waals surface area contributed by atoms with Gasteiger partial charge in [-0.3, -0.25) is 4.79 Å². The summed E-state index contributed by atoms with van der Waals surface area (Å²) >= 11 is 0. The highest BCUT2D eigenvalue weighted by atomic mass is 16.5. The molecular weight excluding hydrogens is 336 g/mol. The highest BCUT2D eigenvalue weighted by Crippen LogP contribution is 2.44. The van der Waals surface area contributed by atoms with Gasteiger partial charge in [-0.05, 0) is 32.0 Å². The summed E-state index contributed by atoms with van der Waals surface area (Å²) in [7, 11) is 5.17. The molecule has 0 aliphatic carbocycles. The number of esters is 1. The Hall–Kier alpha value is -2.54. The van der Waals surface area contributed by atoms with Crippen molar-refractivity contribution in [2.45, 2.75) is 31.6 Å². The van der Waals surface area contributed by atoms with E-state index in [1.165, 1.54) is 11.0 Å². The van der Waals surface area contributed by atoms with Gasteiger partial charge in [-0.25, -0.2) is 4.79 Å². The van der Waals surface area contributed by atoms with E-state index in [4.69, 9.17) is 9.47 Å². The van der Waals surface area contributed by atoms with Gasteiger partial charge in [0.25, 0.3) is 5.91 Å². The van der Waals surface area contributed by atoms with E-state index < -0.39 is 23.7 Å². The van der Waals surface area contributed by atoms with Crippen LogP contribution in [0.15, 0.2) is 30.0 Å². The summed E-state index contributed by atoms with van der Waals surface area (Å²) in [5.41, 5.74) is 1.05. The number of nitrogens with zero attached hydrogens (tertiary/aromatic N) is 2. The van der Waals surface area contributed by atoms with Crippen LogP contribution >= 0.6 is 0 Å². The molecule has 2 atom stereocenters. The lowest BCUT2D eigenvalue weighted by Gasteiger charge is -2.46. The minimum atomic E-state index is -0.874. The van der Waals surface area contributed by atoms with Gasteiger partial charge in [0.2, 0.25) is 0 Å². The Bertz CT molecular complexity index is 784. The molecule has 0 bridgehead atoms. The predicted octanol–water partition coefficient (Wildman–Crippen LogP) is 1.33. The Morgan fingerprint density at radius 2 is 1.96 bits per heavy atom. The molecule has 1 aromatic rings. The van der Waals surface area contributed by atoms with Crippen LogP contribution in [-0.2, 0) is 9.53 Å². The number of hydrogen-bond donors (Lipinski definition) is 1. The molecule has 0 saturated carbocycles. The van der Waals surface area contributed by atoms with Crippen molar-refractivity contribution in [3.8, 4) is 5.75 Å². The third-order valence-corrected chi connectivity index (χ3v) is 4.88. The third-order valence-electron chi connectivity index (χ3n) is 4.88. The predicted molar refractivity (Wildman–Crippen MR) is 94.7 cm³/mol. The van der Waals surface area contributed by atoms with Crippen molar-refractivity contribution in [2.24, 2.45) is 0 Å². The van der Waals surface area contributed by atoms with Crippen molar-refractivity contribution in [3.05, 3.63) is 41.1 Å². The molecule has 140 valence electrons.